The minimum Gasteiger partial charge on any atom is -0.336 e. The minimum atomic E-state index is -3.98. The number of hydrogen-bond acceptors (Lipinski definition) is 6. The Morgan fingerprint density at radius 2 is 2.16 bits per heavy atom. The van der Waals surface area contributed by atoms with E-state index in [4.69, 9.17) is 0 Å². The molecule has 1 saturated heterocycles. The highest BCUT2D eigenvalue weighted by molar-refractivity contribution is 7.89. The summed E-state index contributed by atoms with van der Waals surface area (Å²) >= 11 is 0. The highest BCUT2D eigenvalue weighted by atomic mass is 35.5. The lowest BCUT2D eigenvalue weighted by Crippen LogP contribution is -2.54. The summed E-state index contributed by atoms with van der Waals surface area (Å²) in [5, 5.41) is 14.0. The molecule has 9 nitrogen and oxygen atoms in total. The summed E-state index contributed by atoms with van der Waals surface area (Å²) in [6.07, 6.45) is 0. The minimum absolute atomic E-state index is 0. The first-order valence-electron chi connectivity index (χ1n) is 7.44. The Kier molecular flexibility index (Phi) is 7.29. The van der Waals surface area contributed by atoms with Crippen molar-refractivity contribution in [3.8, 4) is 0 Å². The molecule has 2 rings (SSSR count). The average Bonchev–Trinajstić information content (AvgIpc) is 2.55. The molecule has 0 aliphatic carbocycles. The smallest absolute Gasteiger partial charge is 0.270 e. The van der Waals surface area contributed by atoms with Gasteiger partial charge in [-0.15, -0.1) is 12.4 Å². The van der Waals surface area contributed by atoms with Gasteiger partial charge in [-0.2, -0.15) is 4.31 Å². The van der Waals surface area contributed by atoms with Gasteiger partial charge in [-0.25, -0.2) is 8.42 Å². The van der Waals surface area contributed by atoms with Crippen LogP contribution in [-0.2, 0) is 14.8 Å². The third-order valence-corrected chi connectivity index (χ3v) is 5.72. The van der Waals surface area contributed by atoms with Gasteiger partial charge in [0, 0.05) is 44.9 Å². The molecule has 11 heteroatoms. The lowest BCUT2D eigenvalue weighted by Gasteiger charge is -2.34. The van der Waals surface area contributed by atoms with E-state index >= 15 is 0 Å². The van der Waals surface area contributed by atoms with Crippen LogP contribution in [0, 0.1) is 10.1 Å². The van der Waals surface area contributed by atoms with E-state index in [0.717, 1.165) is 10.4 Å². The maximum absolute atomic E-state index is 12.5. The van der Waals surface area contributed by atoms with Crippen molar-refractivity contribution >= 4 is 34.0 Å². The molecule has 0 unspecified atom stereocenters. The number of likely N-dealkylation sites (N-methyl/N-ethyl adjacent to an activating group) is 1. The van der Waals surface area contributed by atoms with E-state index in [1.165, 1.54) is 25.2 Å². The first-order chi connectivity index (χ1) is 11.2. The number of benzene rings is 1. The first-order valence-corrected chi connectivity index (χ1v) is 8.88. The molecule has 1 fully saturated rings. The van der Waals surface area contributed by atoms with Gasteiger partial charge in [0.2, 0.25) is 15.9 Å². The van der Waals surface area contributed by atoms with E-state index in [1.54, 1.807) is 4.90 Å². The number of rotatable bonds is 5. The van der Waals surface area contributed by atoms with Crippen molar-refractivity contribution in [1.82, 2.24) is 14.5 Å². The molecular weight excluding hydrogens is 372 g/mol. The Labute approximate surface area is 152 Å². The lowest BCUT2D eigenvalue weighted by atomic mass is 10.2. The number of carbonyl (C=O) groups is 1. The molecule has 1 atom stereocenters. The van der Waals surface area contributed by atoms with Crippen LogP contribution in [0.25, 0.3) is 0 Å². The van der Waals surface area contributed by atoms with Gasteiger partial charge in [0.15, 0.2) is 0 Å². The van der Waals surface area contributed by atoms with Gasteiger partial charge in [0.1, 0.15) is 0 Å². The van der Waals surface area contributed by atoms with E-state index in [2.05, 4.69) is 5.32 Å². The number of sulfonamides is 1. The second kappa shape index (κ2) is 8.56. The second-order valence-electron chi connectivity index (χ2n) is 5.66. The number of halogens is 1. The average molecular weight is 393 g/mol. The molecule has 1 amide bonds. The number of nitrogens with one attached hydrogen (secondary N) is 1. The van der Waals surface area contributed by atoms with E-state index in [9.17, 15) is 23.3 Å². The molecule has 0 saturated carbocycles. The monoisotopic (exact) mass is 392 g/mol. The first kappa shape index (κ1) is 21.3. The largest absolute Gasteiger partial charge is 0.336 e. The molecule has 0 radical (unpaired) electrons. The highest BCUT2D eigenvalue weighted by Crippen LogP contribution is 2.20. The van der Waals surface area contributed by atoms with E-state index in [1.807, 2.05) is 6.92 Å². The van der Waals surface area contributed by atoms with Crippen LogP contribution in [0.3, 0.4) is 0 Å². The number of non-ortho nitro benzene ring substituents is 1. The maximum Gasteiger partial charge on any atom is 0.270 e. The summed E-state index contributed by atoms with van der Waals surface area (Å²) in [6, 6.07) is 4.77. The van der Waals surface area contributed by atoms with Crippen LogP contribution in [0.4, 0.5) is 5.69 Å². The van der Waals surface area contributed by atoms with E-state index < -0.39 is 14.9 Å². The van der Waals surface area contributed by atoms with Crippen LogP contribution >= 0.6 is 12.4 Å². The zero-order valence-electron chi connectivity index (χ0n) is 13.9. The van der Waals surface area contributed by atoms with Crippen LogP contribution in [0.1, 0.15) is 6.92 Å². The van der Waals surface area contributed by atoms with Crippen LogP contribution in [-0.4, -0.2) is 67.7 Å². The number of nitro groups is 1. The molecule has 140 valence electrons. The topological polar surface area (TPSA) is 113 Å². The Morgan fingerprint density at radius 1 is 1.48 bits per heavy atom. The van der Waals surface area contributed by atoms with Crippen LogP contribution in [0.15, 0.2) is 29.2 Å². The van der Waals surface area contributed by atoms with Gasteiger partial charge in [0.25, 0.3) is 5.69 Å². The molecular formula is C14H21ClN4O5S. The molecule has 1 aliphatic rings. The third kappa shape index (κ3) is 4.88. The Bertz CT molecular complexity index is 742. The number of hydrogen-bond donors (Lipinski definition) is 1. The van der Waals surface area contributed by atoms with Crippen molar-refractivity contribution in [1.29, 1.82) is 0 Å². The van der Waals surface area contributed by atoms with Crippen LogP contribution < -0.4 is 5.32 Å². The van der Waals surface area contributed by atoms with Crippen LogP contribution in [0.2, 0.25) is 0 Å². The molecule has 0 spiro atoms. The summed E-state index contributed by atoms with van der Waals surface area (Å²) in [5.41, 5.74) is -0.313. The van der Waals surface area contributed by atoms with Crippen molar-refractivity contribution in [2.45, 2.75) is 17.9 Å². The van der Waals surface area contributed by atoms with Crippen molar-refractivity contribution in [3.05, 3.63) is 34.4 Å². The summed E-state index contributed by atoms with van der Waals surface area (Å²) in [4.78, 5) is 23.9. The standard InChI is InChI=1S/C14H20N4O5S.ClH/c1-11-9-15-6-7-17(11)14(19)10-16(2)24(22,23)13-5-3-4-12(8-13)18(20)21;/h3-5,8,11,15H,6-7,9-10H2,1-2H3;1H/t11-;/m1./s1. The molecule has 25 heavy (non-hydrogen) atoms. The van der Waals surface area contributed by atoms with Crippen molar-refractivity contribution in [2.75, 3.05) is 33.2 Å². The van der Waals surface area contributed by atoms with Gasteiger partial charge < -0.3 is 10.2 Å². The summed E-state index contributed by atoms with van der Waals surface area (Å²) in [6.45, 7) is 3.42. The van der Waals surface area contributed by atoms with Gasteiger partial charge in [-0.3, -0.25) is 14.9 Å². The van der Waals surface area contributed by atoms with Gasteiger partial charge in [0.05, 0.1) is 16.4 Å². The molecule has 1 aromatic carbocycles. The fourth-order valence-electron chi connectivity index (χ4n) is 2.52. The third-order valence-electron chi connectivity index (χ3n) is 3.92. The molecule has 0 bridgehead atoms. The second-order valence-corrected chi connectivity index (χ2v) is 7.70. The Balaban J connectivity index is 0.00000312. The Morgan fingerprint density at radius 3 is 2.76 bits per heavy atom. The molecule has 1 N–H and O–H groups in total. The molecule has 1 heterocycles. The number of piperazine rings is 1. The predicted molar refractivity (Wildman–Crippen MR) is 94.2 cm³/mol. The quantitative estimate of drug-likeness (QED) is 0.575. The number of carbonyl (C=O) groups excluding carboxylic acids is 1. The highest BCUT2D eigenvalue weighted by Gasteiger charge is 2.29. The Hall–Kier alpha value is -1.75. The van der Waals surface area contributed by atoms with Crippen molar-refractivity contribution < 1.29 is 18.1 Å². The van der Waals surface area contributed by atoms with Gasteiger partial charge in [-0.05, 0) is 13.0 Å². The lowest BCUT2D eigenvalue weighted by molar-refractivity contribution is -0.385. The SMILES string of the molecule is C[C@@H]1CNCCN1C(=O)CN(C)S(=O)(=O)c1cccc([N+](=O)[O-])c1.Cl. The zero-order chi connectivity index (χ0) is 17.9. The summed E-state index contributed by atoms with van der Waals surface area (Å²) < 4.78 is 26.0. The zero-order valence-corrected chi connectivity index (χ0v) is 15.5. The number of nitrogens with zero attached hydrogens (tertiary/aromatic N) is 3. The van der Waals surface area contributed by atoms with Crippen LogP contribution in [0.5, 0.6) is 0 Å². The summed E-state index contributed by atoms with van der Waals surface area (Å²) in [5.74, 6) is -0.291. The molecule has 1 aromatic rings. The fraction of sp³-hybridized carbons (Fsp3) is 0.500. The number of amides is 1. The number of nitro benzene ring substituents is 1. The summed E-state index contributed by atoms with van der Waals surface area (Å²) in [7, 11) is -2.69. The molecule has 1 aliphatic heterocycles. The van der Waals surface area contributed by atoms with Gasteiger partial charge >= 0.3 is 0 Å². The normalized spacial score (nSPS) is 17.9. The predicted octanol–water partition coefficient (Wildman–Crippen LogP) is 0.457. The fourth-order valence-corrected chi connectivity index (χ4v) is 3.68. The van der Waals surface area contributed by atoms with E-state index in [0.29, 0.717) is 19.6 Å². The van der Waals surface area contributed by atoms with E-state index in [-0.39, 0.29) is 41.5 Å². The van der Waals surface area contributed by atoms with Crippen molar-refractivity contribution in [2.24, 2.45) is 0 Å². The maximum atomic E-state index is 12.5. The molecule has 0 aromatic heterocycles. The van der Waals surface area contributed by atoms with Gasteiger partial charge in [-0.1, -0.05) is 6.07 Å². The van der Waals surface area contributed by atoms with Crippen molar-refractivity contribution in [3.63, 3.8) is 0 Å².